The van der Waals surface area contributed by atoms with Gasteiger partial charge in [0.25, 0.3) is 0 Å². The minimum atomic E-state index is -0.465. The quantitative estimate of drug-likeness (QED) is 0.553. The zero-order valence-electron chi connectivity index (χ0n) is 9.99. The number of hydrogen-bond acceptors (Lipinski definition) is 4. The Morgan fingerprint density at radius 3 is 2.50 bits per heavy atom. The number of carbonyl (C=O) groups excluding carboxylic acids is 2. The van der Waals surface area contributed by atoms with E-state index >= 15 is 0 Å². The van der Waals surface area contributed by atoms with Crippen LogP contribution in [-0.2, 0) is 14.3 Å². The lowest BCUT2D eigenvalue weighted by Gasteiger charge is -2.12. The number of hydrogen-bond donors (Lipinski definition) is 1. The number of alkyl carbamates (subject to hydrolysis) is 1. The molecular weight excluding hydrogens is 210 g/mol. The fraction of sp³-hybridized carbons (Fsp3) is 0.636. The SMILES string of the molecule is CC=CC(CCC(=O)OC)CNC(=O)OC. The van der Waals surface area contributed by atoms with Crippen LogP contribution < -0.4 is 5.32 Å². The molecule has 0 aromatic heterocycles. The van der Waals surface area contributed by atoms with E-state index in [0.717, 1.165) is 0 Å². The third kappa shape index (κ3) is 6.86. The fourth-order valence-electron chi connectivity index (χ4n) is 1.23. The van der Waals surface area contributed by atoms with Gasteiger partial charge in [-0.15, -0.1) is 0 Å². The van der Waals surface area contributed by atoms with Crippen molar-refractivity contribution in [3.8, 4) is 0 Å². The van der Waals surface area contributed by atoms with Gasteiger partial charge in [-0.05, 0) is 19.3 Å². The summed E-state index contributed by atoms with van der Waals surface area (Å²) >= 11 is 0. The smallest absolute Gasteiger partial charge is 0.406 e. The van der Waals surface area contributed by atoms with Crippen molar-refractivity contribution < 1.29 is 19.1 Å². The van der Waals surface area contributed by atoms with Crippen molar-refractivity contribution in [1.82, 2.24) is 5.32 Å². The van der Waals surface area contributed by atoms with Gasteiger partial charge in [-0.25, -0.2) is 4.79 Å². The van der Waals surface area contributed by atoms with Gasteiger partial charge in [0.15, 0.2) is 0 Å². The molecule has 0 aliphatic carbocycles. The van der Waals surface area contributed by atoms with E-state index in [0.29, 0.717) is 19.4 Å². The summed E-state index contributed by atoms with van der Waals surface area (Å²) in [6.07, 6.45) is 4.35. The van der Waals surface area contributed by atoms with Crippen molar-refractivity contribution >= 4 is 12.1 Å². The Morgan fingerprint density at radius 2 is 2.00 bits per heavy atom. The molecule has 1 N–H and O–H groups in total. The Bertz CT molecular complexity index is 230. The van der Waals surface area contributed by atoms with E-state index in [1.807, 2.05) is 19.1 Å². The molecule has 92 valence electrons. The Morgan fingerprint density at radius 1 is 1.31 bits per heavy atom. The molecule has 0 aromatic carbocycles. The zero-order valence-corrected chi connectivity index (χ0v) is 9.99. The normalized spacial score (nSPS) is 12.2. The molecule has 1 unspecified atom stereocenters. The lowest BCUT2D eigenvalue weighted by molar-refractivity contribution is -0.140. The predicted octanol–water partition coefficient (Wildman–Crippen LogP) is 1.49. The van der Waals surface area contributed by atoms with Crippen molar-refractivity contribution in [2.24, 2.45) is 5.92 Å². The van der Waals surface area contributed by atoms with Crippen LogP contribution in [0.4, 0.5) is 4.79 Å². The van der Waals surface area contributed by atoms with Gasteiger partial charge in [0.05, 0.1) is 14.2 Å². The van der Waals surface area contributed by atoms with Crippen LogP contribution >= 0.6 is 0 Å². The van der Waals surface area contributed by atoms with Gasteiger partial charge in [-0.1, -0.05) is 12.2 Å². The second kappa shape index (κ2) is 8.76. The maximum atomic E-state index is 11.0. The van der Waals surface area contributed by atoms with Crippen molar-refractivity contribution in [3.63, 3.8) is 0 Å². The Labute approximate surface area is 95.8 Å². The molecule has 1 atom stereocenters. The average molecular weight is 229 g/mol. The molecule has 0 heterocycles. The highest BCUT2D eigenvalue weighted by atomic mass is 16.5. The Balaban J connectivity index is 3.97. The highest BCUT2D eigenvalue weighted by Crippen LogP contribution is 2.08. The van der Waals surface area contributed by atoms with Crippen LogP contribution in [0.3, 0.4) is 0 Å². The van der Waals surface area contributed by atoms with E-state index in [4.69, 9.17) is 0 Å². The first-order chi connectivity index (χ1) is 7.63. The maximum Gasteiger partial charge on any atom is 0.406 e. The van der Waals surface area contributed by atoms with E-state index in [-0.39, 0.29) is 11.9 Å². The summed E-state index contributed by atoms with van der Waals surface area (Å²) in [5, 5.41) is 2.59. The summed E-state index contributed by atoms with van der Waals surface area (Å²) in [7, 11) is 2.67. The van der Waals surface area contributed by atoms with Crippen molar-refractivity contribution in [2.45, 2.75) is 19.8 Å². The molecule has 0 spiro atoms. The van der Waals surface area contributed by atoms with Crippen LogP contribution in [0.1, 0.15) is 19.8 Å². The maximum absolute atomic E-state index is 11.0. The third-order valence-corrected chi connectivity index (χ3v) is 2.11. The van der Waals surface area contributed by atoms with Crippen LogP contribution in [0.15, 0.2) is 12.2 Å². The van der Waals surface area contributed by atoms with Gasteiger partial charge in [0.1, 0.15) is 0 Å². The van der Waals surface area contributed by atoms with E-state index in [2.05, 4.69) is 14.8 Å². The second-order valence-electron chi connectivity index (χ2n) is 3.27. The van der Waals surface area contributed by atoms with Crippen LogP contribution in [-0.4, -0.2) is 32.8 Å². The Kier molecular flexibility index (Phi) is 7.93. The highest BCUT2D eigenvalue weighted by Gasteiger charge is 2.10. The first kappa shape index (κ1) is 14.5. The van der Waals surface area contributed by atoms with Crippen LogP contribution in [0.2, 0.25) is 0 Å². The van der Waals surface area contributed by atoms with E-state index in [9.17, 15) is 9.59 Å². The molecule has 16 heavy (non-hydrogen) atoms. The molecule has 0 radical (unpaired) electrons. The number of methoxy groups -OCH3 is 2. The molecule has 0 aliphatic rings. The number of amides is 1. The lowest BCUT2D eigenvalue weighted by Crippen LogP contribution is -2.28. The van der Waals surface area contributed by atoms with E-state index in [1.165, 1.54) is 14.2 Å². The van der Waals surface area contributed by atoms with Gasteiger partial charge < -0.3 is 14.8 Å². The van der Waals surface area contributed by atoms with Gasteiger partial charge in [0, 0.05) is 13.0 Å². The van der Waals surface area contributed by atoms with E-state index < -0.39 is 6.09 Å². The van der Waals surface area contributed by atoms with Crippen LogP contribution in [0.25, 0.3) is 0 Å². The van der Waals surface area contributed by atoms with Gasteiger partial charge >= 0.3 is 12.1 Å². The summed E-state index contributed by atoms with van der Waals surface area (Å²) in [6, 6.07) is 0. The predicted molar refractivity (Wildman–Crippen MR) is 60.0 cm³/mol. The monoisotopic (exact) mass is 229 g/mol. The number of nitrogens with one attached hydrogen (secondary N) is 1. The van der Waals surface area contributed by atoms with Crippen molar-refractivity contribution in [1.29, 1.82) is 0 Å². The second-order valence-corrected chi connectivity index (χ2v) is 3.27. The molecule has 0 aliphatic heterocycles. The summed E-state index contributed by atoms with van der Waals surface area (Å²) < 4.78 is 9.01. The number of rotatable bonds is 6. The first-order valence-corrected chi connectivity index (χ1v) is 5.15. The lowest BCUT2D eigenvalue weighted by atomic mass is 10.0. The fourth-order valence-corrected chi connectivity index (χ4v) is 1.23. The highest BCUT2D eigenvalue weighted by molar-refractivity contribution is 5.69. The summed E-state index contributed by atoms with van der Waals surface area (Å²) in [5.74, 6) is -0.129. The average Bonchev–Trinajstić information content (AvgIpc) is 2.31. The molecular formula is C11H19NO4. The molecule has 5 heteroatoms. The molecule has 0 bridgehead atoms. The standard InChI is InChI=1S/C11H19NO4/c1-4-5-9(6-7-10(13)15-2)8-12-11(14)16-3/h4-5,9H,6-8H2,1-3H3,(H,12,14). The summed E-state index contributed by atoms with van der Waals surface area (Å²) in [4.78, 5) is 21.8. The Hall–Kier alpha value is -1.52. The molecule has 1 amide bonds. The zero-order chi connectivity index (χ0) is 12.4. The number of esters is 1. The number of allylic oxidation sites excluding steroid dienone is 1. The summed E-state index contributed by atoms with van der Waals surface area (Å²) in [6.45, 7) is 2.34. The van der Waals surface area contributed by atoms with Gasteiger partial charge in [0.2, 0.25) is 0 Å². The molecule has 0 rings (SSSR count). The van der Waals surface area contributed by atoms with Crippen LogP contribution in [0, 0.1) is 5.92 Å². The van der Waals surface area contributed by atoms with Gasteiger partial charge in [-0.2, -0.15) is 0 Å². The van der Waals surface area contributed by atoms with Gasteiger partial charge in [-0.3, -0.25) is 4.79 Å². The minimum Gasteiger partial charge on any atom is -0.469 e. The molecule has 0 saturated carbocycles. The van der Waals surface area contributed by atoms with E-state index in [1.54, 1.807) is 0 Å². The summed E-state index contributed by atoms with van der Waals surface area (Å²) in [5.41, 5.74) is 0. The third-order valence-electron chi connectivity index (χ3n) is 2.11. The molecule has 5 nitrogen and oxygen atoms in total. The molecule has 0 fully saturated rings. The molecule has 0 saturated heterocycles. The first-order valence-electron chi connectivity index (χ1n) is 5.15. The molecule has 0 aromatic rings. The van der Waals surface area contributed by atoms with Crippen LogP contribution in [0.5, 0.6) is 0 Å². The minimum absolute atomic E-state index is 0.114. The topological polar surface area (TPSA) is 64.6 Å². The number of carbonyl (C=O) groups is 2. The number of ether oxygens (including phenoxy) is 2. The van der Waals surface area contributed by atoms with Crippen molar-refractivity contribution in [3.05, 3.63) is 12.2 Å². The largest absolute Gasteiger partial charge is 0.469 e. The van der Waals surface area contributed by atoms with Crippen molar-refractivity contribution in [2.75, 3.05) is 20.8 Å².